The molecule has 1 saturated carbocycles. The fraction of sp³-hybridized carbons (Fsp3) is 0.412. The SMILES string of the molecule is O=C(NCC1CC(=O)N(C2CC2)C1)Nc1cc(Cl)ccc1-n1cncn1. The number of nitrogens with one attached hydrogen (secondary N) is 2. The maximum atomic E-state index is 12.3. The number of aromatic nitrogens is 3. The number of halogens is 1. The third kappa shape index (κ3) is 3.65. The summed E-state index contributed by atoms with van der Waals surface area (Å²) in [6.07, 6.45) is 5.67. The van der Waals surface area contributed by atoms with Crippen LogP contribution < -0.4 is 10.6 Å². The Balaban J connectivity index is 1.36. The smallest absolute Gasteiger partial charge is 0.319 e. The largest absolute Gasteiger partial charge is 0.339 e. The highest BCUT2D eigenvalue weighted by Gasteiger charge is 2.39. The van der Waals surface area contributed by atoms with Crippen molar-refractivity contribution < 1.29 is 9.59 Å². The van der Waals surface area contributed by atoms with Crippen LogP contribution in [0.3, 0.4) is 0 Å². The lowest BCUT2D eigenvalue weighted by Crippen LogP contribution is -2.34. The molecule has 4 rings (SSSR count). The second kappa shape index (κ2) is 6.95. The summed E-state index contributed by atoms with van der Waals surface area (Å²) in [4.78, 5) is 30.2. The number of urea groups is 1. The van der Waals surface area contributed by atoms with Gasteiger partial charge in [-0.1, -0.05) is 11.6 Å². The lowest BCUT2D eigenvalue weighted by atomic mass is 10.1. The number of rotatable bonds is 5. The summed E-state index contributed by atoms with van der Waals surface area (Å²) in [6, 6.07) is 5.23. The van der Waals surface area contributed by atoms with E-state index < -0.39 is 0 Å². The van der Waals surface area contributed by atoms with Gasteiger partial charge >= 0.3 is 6.03 Å². The van der Waals surface area contributed by atoms with Gasteiger partial charge in [0.25, 0.3) is 0 Å². The first kappa shape index (κ1) is 16.8. The van der Waals surface area contributed by atoms with Gasteiger partial charge in [-0.05, 0) is 31.0 Å². The van der Waals surface area contributed by atoms with E-state index >= 15 is 0 Å². The highest BCUT2D eigenvalue weighted by Crippen LogP contribution is 2.32. The third-order valence-electron chi connectivity index (χ3n) is 4.65. The Morgan fingerprint density at radius 2 is 2.19 bits per heavy atom. The maximum Gasteiger partial charge on any atom is 0.319 e. The highest BCUT2D eigenvalue weighted by molar-refractivity contribution is 6.31. The topological polar surface area (TPSA) is 92.2 Å². The van der Waals surface area contributed by atoms with E-state index in [4.69, 9.17) is 11.6 Å². The lowest BCUT2D eigenvalue weighted by molar-refractivity contribution is -0.128. The molecule has 0 bridgehead atoms. The second-order valence-corrected chi connectivity index (χ2v) is 7.12. The fourth-order valence-corrected chi connectivity index (χ4v) is 3.40. The number of carbonyl (C=O) groups excluding carboxylic acids is 2. The minimum absolute atomic E-state index is 0.156. The summed E-state index contributed by atoms with van der Waals surface area (Å²) in [5, 5.41) is 10.2. The zero-order chi connectivity index (χ0) is 18.1. The Bertz CT molecular complexity index is 821. The van der Waals surface area contributed by atoms with E-state index in [1.165, 1.54) is 6.33 Å². The molecule has 0 radical (unpaired) electrons. The first-order valence-corrected chi connectivity index (χ1v) is 8.97. The van der Waals surface area contributed by atoms with Crippen LogP contribution in [0.2, 0.25) is 5.02 Å². The normalized spacial score (nSPS) is 19.7. The zero-order valence-electron chi connectivity index (χ0n) is 14.1. The lowest BCUT2D eigenvalue weighted by Gasteiger charge is -2.16. The van der Waals surface area contributed by atoms with Crippen LogP contribution in [0.1, 0.15) is 19.3 Å². The van der Waals surface area contributed by atoms with E-state index in [-0.39, 0.29) is 17.9 Å². The first-order chi connectivity index (χ1) is 12.6. The molecule has 1 aromatic heterocycles. The average Bonchev–Trinajstić information content (AvgIpc) is 3.16. The standard InChI is InChI=1S/C17H19ClN6O2/c18-12-1-4-15(24-10-19-9-21-24)14(6-12)22-17(26)20-7-11-5-16(25)23(8-11)13-2-3-13/h1,4,6,9-11,13H,2-3,5,7-8H2,(H2,20,22,26). The van der Waals surface area contributed by atoms with Gasteiger partial charge in [0.1, 0.15) is 12.7 Å². The molecule has 1 aliphatic heterocycles. The van der Waals surface area contributed by atoms with Gasteiger partial charge in [0.05, 0.1) is 11.4 Å². The summed E-state index contributed by atoms with van der Waals surface area (Å²) < 4.78 is 1.55. The summed E-state index contributed by atoms with van der Waals surface area (Å²) in [5.41, 5.74) is 1.20. The van der Waals surface area contributed by atoms with Crippen LogP contribution in [-0.2, 0) is 4.79 Å². The number of amides is 3. The Hall–Kier alpha value is -2.61. The molecule has 2 heterocycles. The molecule has 1 unspecified atom stereocenters. The molecule has 2 aromatic rings. The number of hydrogen-bond acceptors (Lipinski definition) is 4. The Morgan fingerprint density at radius 1 is 1.35 bits per heavy atom. The van der Waals surface area contributed by atoms with E-state index in [0.29, 0.717) is 35.4 Å². The van der Waals surface area contributed by atoms with E-state index in [0.717, 1.165) is 19.4 Å². The maximum absolute atomic E-state index is 12.3. The van der Waals surface area contributed by atoms with Gasteiger partial charge in [-0.25, -0.2) is 14.5 Å². The van der Waals surface area contributed by atoms with E-state index in [9.17, 15) is 9.59 Å². The van der Waals surface area contributed by atoms with E-state index in [2.05, 4.69) is 20.7 Å². The molecule has 2 N–H and O–H groups in total. The van der Waals surface area contributed by atoms with Gasteiger partial charge in [-0.3, -0.25) is 4.79 Å². The van der Waals surface area contributed by atoms with Crippen LogP contribution in [-0.4, -0.2) is 50.7 Å². The number of benzene rings is 1. The van der Waals surface area contributed by atoms with Crippen LogP contribution >= 0.6 is 11.6 Å². The zero-order valence-corrected chi connectivity index (χ0v) is 14.8. The van der Waals surface area contributed by atoms with Crippen molar-refractivity contribution in [1.82, 2.24) is 25.0 Å². The fourth-order valence-electron chi connectivity index (χ4n) is 3.23. The van der Waals surface area contributed by atoms with Gasteiger partial charge in [-0.15, -0.1) is 0 Å². The molecule has 2 aliphatic rings. The summed E-state index contributed by atoms with van der Waals surface area (Å²) >= 11 is 6.05. The minimum Gasteiger partial charge on any atom is -0.339 e. The number of hydrogen-bond donors (Lipinski definition) is 2. The number of nitrogens with zero attached hydrogens (tertiary/aromatic N) is 4. The summed E-state index contributed by atoms with van der Waals surface area (Å²) in [6.45, 7) is 1.19. The highest BCUT2D eigenvalue weighted by atomic mass is 35.5. The minimum atomic E-state index is -0.342. The van der Waals surface area contributed by atoms with Crippen LogP contribution in [0.4, 0.5) is 10.5 Å². The molecule has 1 aliphatic carbocycles. The van der Waals surface area contributed by atoms with Crippen LogP contribution in [0.5, 0.6) is 0 Å². The van der Waals surface area contributed by atoms with Crippen molar-refractivity contribution >= 4 is 29.2 Å². The van der Waals surface area contributed by atoms with Gasteiger partial charge in [0, 0.05) is 36.5 Å². The van der Waals surface area contributed by atoms with Crippen molar-refractivity contribution in [1.29, 1.82) is 0 Å². The Labute approximate surface area is 155 Å². The number of likely N-dealkylation sites (tertiary alicyclic amines) is 1. The number of carbonyl (C=O) groups is 2. The third-order valence-corrected chi connectivity index (χ3v) is 4.88. The van der Waals surface area contributed by atoms with Crippen molar-refractivity contribution in [2.75, 3.05) is 18.4 Å². The molecule has 26 heavy (non-hydrogen) atoms. The second-order valence-electron chi connectivity index (χ2n) is 6.68. The molecular weight excluding hydrogens is 356 g/mol. The predicted octanol–water partition coefficient (Wildman–Crippen LogP) is 2.05. The quantitative estimate of drug-likeness (QED) is 0.837. The van der Waals surface area contributed by atoms with Crippen molar-refractivity contribution in [3.05, 3.63) is 35.9 Å². The number of anilines is 1. The monoisotopic (exact) mass is 374 g/mol. The molecule has 0 spiro atoms. The van der Waals surface area contributed by atoms with Gasteiger partial charge < -0.3 is 15.5 Å². The van der Waals surface area contributed by atoms with Crippen molar-refractivity contribution in [2.45, 2.75) is 25.3 Å². The predicted molar refractivity (Wildman–Crippen MR) is 96.2 cm³/mol. The molecule has 3 amide bonds. The summed E-state index contributed by atoms with van der Waals surface area (Å²) in [7, 11) is 0. The van der Waals surface area contributed by atoms with E-state index in [1.807, 2.05) is 4.90 Å². The van der Waals surface area contributed by atoms with Gasteiger partial charge in [0.2, 0.25) is 5.91 Å². The molecule has 1 atom stereocenters. The molecule has 9 heteroatoms. The molecule has 1 saturated heterocycles. The molecule has 1 aromatic carbocycles. The average molecular weight is 375 g/mol. The van der Waals surface area contributed by atoms with Crippen LogP contribution in [0, 0.1) is 5.92 Å². The Kier molecular flexibility index (Phi) is 4.50. The van der Waals surface area contributed by atoms with E-state index in [1.54, 1.807) is 29.2 Å². The summed E-state index contributed by atoms with van der Waals surface area (Å²) in [5.74, 6) is 0.353. The molecular formula is C17H19ClN6O2. The van der Waals surface area contributed by atoms with Crippen LogP contribution in [0.15, 0.2) is 30.9 Å². The Morgan fingerprint density at radius 3 is 2.92 bits per heavy atom. The van der Waals surface area contributed by atoms with Crippen molar-refractivity contribution in [3.8, 4) is 5.69 Å². The van der Waals surface area contributed by atoms with Gasteiger partial charge in [0.15, 0.2) is 0 Å². The first-order valence-electron chi connectivity index (χ1n) is 8.59. The van der Waals surface area contributed by atoms with Crippen molar-refractivity contribution in [2.24, 2.45) is 5.92 Å². The molecule has 8 nitrogen and oxygen atoms in total. The van der Waals surface area contributed by atoms with Gasteiger partial charge in [-0.2, -0.15) is 5.10 Å². The van der Waals surface area contributed by atoms with Crippen molar-refractivity contribution in [3.63, 3.8) is 0 Å². The van der Waals surface area contributed by atoms with Crippen LogP contribution in [0.25, 0.3) is 5.69 Å². The molecule has 2 fully saturated rings. The molecule has 136 valence electrons.